The Kier molecular flexibility index (Phi) is 6.31. The number of benzene rings is 1. The van der Waals surface area contributed by atoms with Crippen LogP contribution in [0.3, 0.4) is 0 Å². The number of carbonyl (C=O) groups is 1. The van der Waals surface area contributed by atoms with Crippen molar-refractivity contribution in [2.45, 2.75) is 31.7 Å². The van der Waals surface area contributed by atoms with E-state index in [1.165, 1.54) is 7.11 Å². The maximum absolute atomic E-state index is 11.4. The van der Waals surface area contributed by atoms with Crippen LogP contribution in [0.4, 0.5) is 0 Å². The highest BCUT2D eigenvalue weighted by Gasteiger charge is 2.28. The molecule has 20 heavy (non-hydrogen) atoms. The number of methoxy groups -OCH3 is 2. The molecule has 0 radical (unpaired) electrons. The van der Waals surface area contributed by atoms with Crippen LogP contribution in [0.15, 0.2) is 24.3 Å². The molecule has 0 saturated heterocycles. The standard InChI is InChI=1S/C15H23NO4/c1-15(16,14(17)19-3)10-4-5-11-20-13-8-6-12(18-2)7-9-13/h6-9H,4-5,10-11,16H2,1-3H3. The normalized spacial score (nSPS) is 13.4. The first-order chi connectivity index (χ1) is 9.49. The third-order valence-electron chi connectivity index (χ3n) is 3.07. The number of hydrogen-bond donors (Lipinski definition) is 1. The number of ether oxygens (including phenoxy) is 3. The van der Waals surface area contributed by atoms with Gasteiger partial charge in [-0.1, -0.05) is 0 Å². The molecule has 0 fully saturated rings. The molecule has 0 aliphatic rings. The Morgan fingerprint density at radius 3 is 2.30 bits per heavy atom. The summed E-state index contributed by atoms with van der Waals surface area (Å²) in [5.74, 6) is 1.22. The fourth-order valence-electron chi connectivity index (χ4n) is 1.79. The second-order valence-corrected chi connectivity index (χ2v) is 4.89. The molecule has 0 aliphatic heterocycles. The number of nitrogens with two attached hydrogens (primary N) is 1. The van der Waals surface area contributed by atoms with E-state index in [9.17, 15) is 4.79 Å². The fourth-order valence-corrected chi connectivity index (χ4v) is 1.79. The van der Waals surface area contributed by atoms with E-state index in [0.717, 1.165) is 24.3 Å². The van der Waals surface area contributed by atoms with Crippen molar-refractivity contribution in [2.24, 2.45) is 5.73 Å². The van der Waals surface area contributed by atoms with Crippen molar-refractivity contribution in [2.75, 3.05) is 20.8 Å². The summed E-state index contributed by atoms with van der Waals surface area (Å²) in [6.07, 6.45) is 2.21. The van der Waals surface area contributed by atoms with Crippen molar-refractivity contribution < 1.29 is 19.0 Å². The van der Waals surface area contributed by atoms with Gasteiger partial charge in [0.1, 0.15) is 17.0 Å². The Labute approximate surface area is 120 Å². The minimum Gasteiger partial charge on any atom is -0.497 e. The third kappa shape index (κ3) is 5.09. The van der Waals surface area contributed by atoms with E-state index in [0.29, 0.717) is 13.0 Å². The summed E-state index contributed by atoms with van der Waals surface area (Å²) in [5.41, 5.74) is 4.95. The van der Waals surface area contributed by atoms with Crippen LogP contribution < -0.4 is 15.2 Å². The van der Waals surface area contributed by atoms with Gasteiger partial charge in [-0.3, -0.25) is 4.79 Å². The highest BCUT2D eigenvalue weighted by molar-refractivity contribution is 5.79. The average Bonchev–Trinajstić information content (AvgIpc) is 2.46. The Morgan fingerprint density at radius 2 is 1.75 bits per heavy atom. The van der Waals surface area contributed by atoms with Crippen molar-refractivity contribution in [1.82, 2.24) is 0 Å². The zero-order valence-corrected chi connectivity index (χ0v) is 12.3. The number of unbranched alkanes of at least 4 members (excludes halogenated alkanes) is 1. The Hall–Kier alpha value is -1.75. The van der Waals surface area contributed by atoms with Gasteiger partial charge < -0.3 is 19.9 Å². The van der Waals surface area contributed by atoms with Crippen molar-refractivity contribution in [3.8, 4) is 11.5 Å². The van der Waals surface area contributed by atoms with E-state index < -0.39 is 5.54 Å². The van der Waals surface area contributed by atoms with E-state index in [4.69, 9.17) is 15.2 Å². The maximum Gasteiger partial charge on any atom is 0.325 e. The predicted octanol–water partition coefficient (Wildman–Crippen LogP) is 2.13. The lowest BCUT2D eigenvalue weighted by Crippen LogP contribution is -2.45. The first-order valence-corrected chi connectivity index (χ1v) is 6.64. The molecule has 0 saturated carbocycles. The van der Waals surface area contributed by atoms with Gasteiger partial charge in [0.15, 0.2) is 0 Å². The zero-order chi connectivity index (χ0) is 15.0. The largest absolute Gasteiger partial charge is 0.497 e. The predicted molar refractivity (Wildman–Crippen MR) is 76.9 cm³/mol. The van der Waals surface area contributed by atoms with Gasteiger partial charge >= 0.3 is 5.97 Å². The highest BCUT2D eigenvalue weighted by atomic mass is 16.5. The number of esters is 1. The topological polar surface area (TPSA) is 70.8 Å². The van der Waals surface area contributed by atoms with Crippen LogP contribution in [0.5, 0.6) is 11.5 Å². The zero-order valence-electron chi connectivity index (χ0n) is 12.3. The monoisotopic (exact) mass is 281 g/mol. The van der Waals surface area contributed by atoms with Crippen molar-refractivity contribution >= 4 is 5.97 Å². The van der Waals surface area contributed by atoms with Gasteiger partial charge in [0.05, 0.1) is 20.8 Å². The number of carbonyl (C=O) groups excluding carboxylic acids is 1. The SMILES string of the molecule is COC(=O)C(C)(N)CCCCOc1ccc(OC)cc1. The Bertz CT molecular complexity index is 414. The van der Waals surface area contributed by atoms with Crippen LogP contribution in [-0.4, -0.2) is 32.3 Å². The minimum atomic E-state index is -0.922. The van der Waals surface area contributed by atoms with Crippen LogP contribution in [0.1, 0.15) is 26.2 Å². The molecule has 1 aromatic rings. The molecule has 1 unspecified atom stereocenters. The first-order valence-electron chi connectivity index (χ1n) is 6.64. The van der Waals surface area contributed by atoms with Gasteiger partial charge in [-0.2, -0.15) is 0 Å². The lowest BCUT2D eigenvalue weighted by Gasteiger charge is -2.21. The van der Waals surface area contributed by atoms with E-state index in [1.807, 2.05) is 24.3 Å². The van der Waals surface area contributed by atoms with Crippen molar-refractivity contribution in [3.05, 3.63) is 24.3 Å². The summed E-state index contributed by atoms with van der Waals surface area (Å²) >= 11 is 0. The highest BCUT2D eigenvalue weighted by Crippen LogP contribution is 2.18. The van der Waals surface area contributed by atoms with Gasteiger partial charge in [0.25, 0.3) is 0 Å². The number of hydrogen-bond acceptors (Lipinski definition) is 5. The summed E-state index contributed by atoms with van der Waals surface area (Å²) in [6.45, 7) is 2.27. The van der Waals surface area contributed by atoms with E-state index in [1.54, 1.807) is 14.0 Å². The summed E-state index contributed by atoms with van der Waals surface area (Å²) in [6, 6.07) is 7.42. The van der Waals surface area contributed by atoms with Crippen LogP contribution in [0.25, 0.3) is 0 Å². The Balaban J connectivity index is 2.23. The fraction of sp³-hybridized carbons (Fsp3) is 0.533. The summed E-state index contributed by atoms with van der Waals surface area (Å²) < 4.78 is 15.3. The van der Waals surface area contributed by atoms with Crippen LogP contribution in [-0.2, 0) is 9.53 Å². The quantitative estimate of drug-likeness (QED) is 0.584. The molecule has 5 heteroatoms. The average molecular weight is 281 g/mol. The summed E-state index contributed by atoms with van der Waals surface area (Å²) in [5, 5.41) is 0. The Morgan fingerprint density at radius 1 is 1.15 bits per heavy atom. The minimum absolute atomic E-state index is 0.381. The molecule has 0 aromatic heterocycles. The van der Waals surface area contributed by atoms with Gasteiger partial charge in [0, 0.05) is 0 Å². The molecular formula is C15H23NO4. The summed E-state index contributed by atoms with van der Waals surface area (Å²) in [7, 11) is 2.97. The molecule has 0 amide bonds. The third-order valence-corrected chi connectivity index (χ3v) is 3.07. The lowest BCUT2D eigenvalue weighted by atomic mass is 9.96. The van der Waals surface area contributed by atoms with E-state index >= 15 is 0 Å². The second kappa shape index (κ2) is 7.75. The van der Waals surface area contributed by atoms with Crippen LogP contribution in [0, 0.1) is 0 Å². The maximum atomic E-state index is 11.4. The molecule has 0 bridgehead atoms. The molecule has 1 aromatic carbocycles. The van der Waals surface area contributed by atoms with Gasteiger partial charge in [-0.05, 0) is 50.5 Å². The van der Waals surface area contributed by atoms with Gasteiger partial charge in [-0.25, -0.2) is 0 Å². The van der Waals surface area contributed by atoms with Gasteiger partial charge in [-0.15, -0.1) is 0 Å². The molecule has 1 rings (SSSR count). The molecule has 0 heterocycles. The second-order valence-electron chi connectivity index (χ2n) is 4.89. The van der Waals surface area contributed by atoms with E-state index in [-0.39, 0.29) is 5.97 Å². The number of rotatable bonds is 8. The van der Waals surface area contributed by atoms with Crippen LogP contribution >= 0.6 is 0 Å². The molecule has 112 valence electrons. The molecule has 0 aliphatic carbocycles. The van der Waals surface area contributed by atoms with E-state index in [2.05, 4.69) is 4.74 Å². The molecule has 5 nitrogen and oxygen atoms in total. The van der Waals surface area contributed by atoms with Gasteiger partial charge in [0.2, 0.25) is 0 Å². The van der Waals surface area contributed by atoms with Crippen molar-refractivity contribution in [3.63, 3.8) is 0 Å². The molecule has 1 atom stereocenters. The lowest BCUT2D eigenvalue weighted by molar-refractivity contribution is -0.146. The smallest absolute Gasteiger partial charge is 0.325 e. The first kappa shape index (κ1) is 16.3. The molecule has 2 N–H and O–H groups in total. The molecule has 0 spiro atoms. The van der Waals surface area contributed by atoms with Crippen LogP contribution in [0.2, 0.25) is 0 Å². The van der Waals surface area contributed by atoms with Crippen molar-refractivity contribution in [1.29, 1.82) is 0 Å². The summed E-state index contributed by atoms with van der Waals surface area (Å²) in [4.78, 5) is 11.4. The molecular weight excluding hydrogens is 258 g/mol.